The Morgan fingerprint density at radius 2 is 1.72 bits per heavy atom. The quantitative estimate of drug-likeness (QED) is 0.260. The van der Waals surface area contributed by atoms with E-state index in [1.807, 2.05) is 18.2 Å². The van der Waals surface area contributed by atoms with Gasteiger partial charge in [-0.25, -0.2) is 24.3 Å². The predicted molar refractivity (Wildman–Crippen MR) is 118 cm³/mol. The Morgan fingerprint density at radius 1 is 1.00 bits per heavy atom. The standard InChI is InChI=1S/C23H22ClN4O4/c24-18-2-1-3-19(8-18)31-22(29)20-7-17-6-16(4-5-21(17)32-23(20)30)9-28-13-25-10-26(14-28)12-27(11-25)15-28/h1-8H,9-15H2/q+1. The Bertz CT molecular complexity index is 1260. The number of carbonyl (C=O) groups excluding carboxylic acids is 1. The number of rotatable bonds is 4. The molecule has 0 amide bonds. The lowest BCUT2D eigenvalue weighted by atomic mass is 10.1. The van der Waals surface area contributed by atoms with Gasteiger partial charge < -0.3 is 9.15 Å². The molecule has 4 bridgehead atoms. The van der Waals surface area contributed by atoms with Crippen molar-refractivity contribution >= 4 is 28.5 Å². The van der Waals surface area contributed by atoms with Gasteiger partial charge in [-0.05, 0) is 42.5 Å². The molecule has 32 heavy (non-hydrogen) atoms. The van der Waals surface area contributed by atoms with Crippen LogP contribution in [-0.4, -0.2) is 65.2 Å². The van der Waals surface area contributed by atoms with E-state index >= 15 is 0 Å². The molecule has 3 aromatic rings. The zero-order chi connectivity index (χ0) is 21.9. The molecule has 1 aromatic heterocycles. The van der Waals surface area contributed by atoms with Crippen molar-refractivity contribution in [3.8, 4) is 5.75 Å². The highest BCUT2D eigenvalue weighted by atomic mass is 35.5. The van der Waals surface area contributed by atoms with Gasteiger partial charge in [0, 0.05) is 16.0 Å². The van der Waals surface area contributed by atoms with E-state index in [9.17, 15) is 9.59 Å². The summed E-state index contributed by atoms with van der Waals surface area (Å²) in [7, 11) is 0. The maximum atomic E-state index is 12.6. The van der Waals surface area contributed by atoms with Crippen molar-refractivity contribution in [2.45, 2.75) is 6.54 Å². The van der Waals surface area contributed by atoms with E-state index in [4.69, 9.17) is 20.8 Å². The van der Waals surface area contributed by atoms with Crippen molar-refractivity contribution < 1.29 is 18.4 Å². The highest BCUT2D eigenvalue weighted by Gasteiger charge is 2.48. The van der Waals surface area contributed by atoms with Gasteiger partial charge in [0.15, 0.2) is 0 Å². The first kappa shape index (κ1) is 19.9. The number of fused-ring (bicyclic) bond motifs is 1. The van der Waals surface area contributed by atoms with E-state index < -0.39 is 11.6 Å². The minimum Gasteiger partial charge on any atom is -0.423 e. The molecule has 164 valence electrons. The summed E-state index contributed by atoms with van der Waals surface area (Å²) in [6.07, 6.45) is 0. The van der Waals surface area contributed by atoms with Gasteiger partial charge in [-0.1, -0.05) is 17.7 Å². The van der Waals surface area contributed by atoms with Crippen molar-refractivity contribution in [3.63, 3.8) is 0 Å². The lowest BCUT2D eigenvalue weighted by Crippen LogP contribution is -2.78. The van der Waals surface area contributed by atoms with Gasteiger partial charge in [0.2, 0.25) is 0 Å². The number of nitrogens with zero attached hydrogens (tertiary/aromatic N) is 4. The fourth-order valence-corrected chi connectivity index (χ4v) is 5.48. The van der Waals surface area contributed by atoms with Crippen molar-refractivity contribution in [2.24, 2.45) is 0 Å². The van der Waals surface area contributed by atoms with Gasteiger partial charge in [0.25, 0.3) is 0 Å². The predicted octanol–water partition coefficient (Wildman–Crippen LogP) is 2.67. The summed E-state index contributed by atoms with van der Waals surface area (Å²) < 4.78 is 11.7. The van der Waals surface area contributed by atoms with Gasteiger partial charge in [-0.15, -0.1) is 0 Å². The van der Waals surface area contributed by atoms with Crippen LogP contribution < -0.4 is 10.4 Å². The summed E-state index contributed by atoms with van der Waals surface area (Å²) in [6, 6.07) is 13.9. The van der Waals surface area contributed by atoms with Crippen LogP contribution in [0.15, 0.2) is 57.7 Å². The maximum Gasteiger partial charge on any atom is 0.351 e. The second-order valence-electron chi connectivity index (χ2n) is 9.03. The average Bonchev–Trinajstić information content (AvgIpc) is 2.72. The summed E-state index contributed by atoms with van der Waals surface area (Å²) in [5, 5.41) is 1.15. The molecule has 0 atom stereocenters. The zero-order valence-corrected chi connectivity index (χ0v) is 18.1. The molecule has 5 heterocycles. The van der Waals surface area contributed by atoms with Crippen LogP contribution in [0.25, 0.3) is 11.0 Å². The van der Waals surface area contributed by atoms with E-state index in [-0.39, 0.29) is 11.3 Å². The Morgan fingerprint density at radius 3 is 2.41 bits per heavy atom. The zero-order valence-electron chi connectivity index (χ0n) is 17.4. The first-order valence-electron chi connectivity index (χ1n) is 10.5. The largest absolute Gasteiger partial charge is 0.423 e. The summed E-state index contributed by atoms with van der Waals surface area (Å²) in [5.41, 5.74) is 0.739. The van der Waals surface area contributed by atoms with Crippen molar-refractivity contribution in [1.29, 1.82) is 0 Å². The number of hydrogen-bond donors (Lipinski definition) is 0. The van der Waals surface area contributed by atoms with Gasteiger partial charge in [0.05, 0.1) is 20.0 Å². The third-order valence-corrected chi connectivity index (χ3v) is 6.48. The van der Waals surface area contributed by atoms with E-state index in [0.29, 0.717) is 16.0 Å². The average molecular weight is 454 g/mol. The van der Waals surface area contributed by atoms with E-state index in [2.05, 4.69) is 14.7 Å². The van der Waals surface area contributed by atoms with E-state index in [1.54, 1.807) is 24.3 Å². The van der Waals surface area contributed by atoms with Crippen LogP contribution in [0.4, 0.5) is 0 Å². The maximum absolute atomic E-state index is 12.6. The molecule has 0 spiro atoms. The smallest absolute Gasteiger partial charge is 0.351 e. The third kappa shape index (κ3) is 3.60. The van der Waals surface area contributed by atoms with Crippen molar-refractivity contribution in [1.82, 2.24) is 14.7 Å². The Balaban J connectivity index is 1.29. The SMILES string of the molecule is O=C(Oc1cccc(Cl)c1)c1cc2cc(C[N+]34CN5CN(CN(C5)C3)C4)ccc2oc1=O. The second kappa shape index (κ2) is 7.40. The lowest BCUT2D eigenvalue weighted by molar-refractivity contribution is -0.991. The molecule has 4 saturated heterocycles. The number of quaternary nitrogens is 1. The van der Waals surface area contributed by atoms with Crippen molar-refractivity contribution in [3.05, 3.63) is 75.1 Å². The Hall–Kier alpha value is -2.75. The summed E-state index contributed by atoms with van der Waals surface area (Å²) in [6.45, 7) is 7.09. The summed E-state index contributed by atoms with van der Waals surface area (Å²) in [4.78, 5) is 32.4. The van der Waals surface area contributed by atoms with E-state index in [1.165, 1.54) is 6.07 Å². The van der Waals surface area contributed by atoms with E-state index in [0.717, 1.165) is 56.6 Å². The minimum absolute atomic E-state index is 0.137. The first-order valence-corrected chi connectivity index (χ1v) is 10.9. The molecule has 7 rings (SSSR count). The second-order valence-corrected chi connectivity index (χ2v) is 9.46. The lowest BCUT2D eigenvalue weighted by Gasteiger charge is -2.60. The molecule has 4 aliphatic heterocycles. The van der Waals surface area contributed by atoms with Crippen LogP contribution in [0, 0.1) is 0 Å². The molecule has 0 saturated carbocycles. The molecule has 4 aliphatic rings. The molecule has 0 unspecified atom stereocenters. The Kier molecular flexibility index (Phi) is 4.60. The molecule has 9 heteroatoms. The molecule has 4 fully saturated rings. The van der Waals surface area contributed by atoms with Crippen LogP contribution in [0.1, 0.15) is 15.9 Å². The number of benzene rings is 2. The molecule has 0 N–H and O–H groups in total. The number of halogens is 1. The molecule has 0 aliphatic carbocycles. The first-order chi connectivity index (χ1) is 15.4. The normalized spacial score (nSPS) is 28.2. The molecular formula is C23H22ClN4O4+. The Labute approximate surface area is 189 Å². The topological polar surface area (TPSA) is 66.2 Å². The number of carbonyl (C=O) groups is 1. The van der Waals surface area contributed by atoms with Crippen LogP contribution in [-0.2, 0) is 6.54 Å². The number of esters is 1. The molecule has 2 aromatic carbocycles. The van der Waals surface area contributed by atoms with Gasteiger partial charge in [0.1, 0.15) is 43.4 Å². The number of hydrogen-bond acceptors (Lipinski definition) is 7. The van der Waals surface area contributed by atoms with Crippen LogP contribution in [0.5, 0.6) is 5.75 Å². The summed E-state index contributed by atoms with van der Waals surface area (Å²) in [5.74, 6) is -0.492. The highest BCUT2D eigenvalue weighted by Crippen LogP contribution is 2.31. The molecule has 8 nitrogen and oxygen atoms in total. The van der Waals surface area contributed by atoms with Gasteiger partial charge in [-0.2, -0.15) is 0 Å². The third-order valence-electron chi connectivity index (χ3n) is 6.24. The number of ether oxygens (including phenoxy) is 1. The highest BCUT2D eigenvalue weighted by molar-refractivity contribution is 6.30. The van der Waals surface area contributed by atoms with Crippen molar-refractivity contribution in [2.75, 3.05) is 40.0 Å². The van der Waals surface area contributed by atoms with Crippen LogP contribution in [0.3, 0.4) is 0 Å². The fraction of sp³-hybridized carbons (Fsp3) is 0.304. The van der Waals surface area contributed by atoms with Crippen LogP contribution in [0.2, 0.25) is 5.02 Å². The molecular weight excluding hydrogens is 432 g/mol. The van der Waals surface area contributed by atoms with Crippen LogP contribution >= 0.6 is 11.6 Å². The minimum atomic E-state index is -0.765. The fourth-order valence-electron chi connectivity index (χ4n) is 5.30. The van der Waals surface area contributed by atoms with Gasteiger partial charge >= 0.3 is 11.6 Å². The molecule has 0 radical (unpaired) electrons. The van der Waals surface area contributed by atoms with Gasteiger partial charge in [-0.3, -0.25) is 4.48 Å². The monoisotopic (exact) mass is 453 g/mol. The summed E-state index contributed by atoms with van der Waals surface area (Å²) >= 11 is 5.95.